The molecule has 0 fully saturated rings. The van der Waals surface area contributed by atoms with Gasteiger partial charge in [-0.25, -0.2) is 9.13 Å². The normalized spacial score (nSPS) is 13.9. The second-order valence-electron chi connectivity index (χ2n) is 28.6. The molecule has 97 heavy (non-hydrogen) atoms. The Balaban J connectivity index is 5.12. The van der Waals surface area contributed by atoms with E-state index >= 15 is 0 Å². The van der Waals surface area contributed by atoms with E-state index in [1.165, 1.54) is 231 Å². The Morgan fingerprint density at radius 2 is 0.474 bits per heavy atom. The maximum absolute atomic E-state index is 13.1. The summed E-state index contributed by atoms with van der Waals surface area (Å²) < 4.78 is 68.4. The van der Waals surface area contributed by atoms with Gasteiger partial charge in [0.1, 0.15) is 19.3 Å². The number of esters is 4. The molecule has 0 saturated heterocycles. The standard InChI is InChI=1S/C78H152O17P2/c1-6-9-12-15-17-19-21-23-25-26-27-28-29-30-32-36-41-45-49-54-59-64-78(83)95-74(68-89-76(81)62-57-52-47-43-39-37-33-34-38-42-46-51-55-60-71(4)5)70-93-97(86,87)91-66-72(79)65-90-96(84,85)92-69-73(67-88-75(80)61-56-50-14-11-8-3)94-77(82)63-58-53-48-44-40-35-31-24-22-20-18-16-13-10-7-2/h71-74,79H,6-70H2,1-5H3,(H,84,85)(H,86,87)/t72-,73+,74+/m0/s1. The Hall–Kier alpha value is -1.94. The molecule has 5 atom stereocenters. The summed E-state index contributed by atoms with van der Waals surface area (Å²) in [7, 11) is -9.90. The first-order valence-electron chi connectivity index (χ1n) is 40.6. The van der Waals surface area contributed by atoms with Crippen LogP contribution < -0.4 is 0 Å². The van der Waals surface area contributed by atoms with Gasteiger partial charge in [0.2, 0.25) is 0 Å². The molecule has 3 N–H and O–H groups in total. The number of carbonyl (C=O) groups is 4. The number of unbranched alkanes of at least 4 members (excludes halogenated alkanes) is 50. The van der Waals surface area contributed by atoms with E-state index in [4.69, 9.17) is 37.0 Å². The van der Waals surface area contributed by atoms with Gasteiger partial charge in [0.05, 0.1) is 26.4 Å². The third kappa shape index (κ3) is 72.2. The van der Waals surface area contributed by atoms with Gasteiger partial charge in [-0.1, -0.05) is 362 Å². The van der Waals surface area contributed by atoms with Gasteiger partial charge in [0, 0.05) is 25.7 Å². The Kier molecular flexibility index (Phi) is 69.6. The van der Waals surface area contributed by atoms with Crippen LogP contribution in [0.4, 0.5) is 0 Å². The summed E-state index contributed by atoms with van der Waals surface area (Å²) in [6.45, 7) is 7.24. The lowest BCUT2D eigenvalue weighted by Gasteiger charge is -2.21. The van der Waals surface area contributed by atoms with Crippen molar-refractivity contribution in [1.82, 2.24) is 0 Å². The molecule has 0 aromatic heterocycles. The van der Waals surface area contributed by atoms with Crippen LogP contribution in [0.5, 0.6) is 0 Å². The van der Waals surface area contributed by atoms with Crippen LogP contribution in [0.25, 0.3) is 0 Å². The van der Waals surface area contributed by atoms with Crippen molar-refractivity contribution in [1.29, 1.82) is 0 Å². The van der Waals surface area contributed by atoms with Crippen molar-refractivity contribution in [2.24, 2.45) is 5.92 Å². The van der Waals surface area contributed by atoms with Crippen molar-refractivity contribution in [3.05, 3.63) is 0 Å². The minimum absolute atomic E-state index is 0.107. The van der Waals surface area contributed by atoms with Crippen molar-refractivity contribution in [3.8, 4) is 0 Å². The van der Waals surface area contributed by atoms with Crippen molar-refractivity contribution >= 4 is 39.5 Å². The molecule has 0 heterocycles. The zero-order valence-electron chi connectivity index (χ0n) is 63.2. The van der Waals surface area contributed by atoms with Crippen LogP contribution in [-0.2, 0) is 65.4 Å². The molecule has 0 rings (SSSR count). The fraction of sp³-hybridized carbons (Fsp3) is 0.949. The molecule has 0 aliphatic carbocycles. The number of phosphoric ester groups is 2. The highest BCUT2D eigenvalue weighted by molar-refractivity contribution is 7.47. The summed E-state index contributed by atoms with van der Waals surface area (Å²) in [6.07, 6.45) is 61.5. The molecule has 0 aliphatic rings. The first-order chi connectivity index (χ1) is 47.0. The molecule has 0 aromatic carbocycles. The largest absolute Gasteiger partial charge is 0.472 e. The Morgan fingerprint density at radius 1 is 0.278 bits per heavy atom. The molecule has 0 spiro atoms. The van der Waals surface area contributed by atoms with Gasteiger partial charge in [0.15, 0.2) is 12.2 Å². The van der Waals surface area contributed by atoms with Gasteiger partial charge in [-0.15, -0.1) is 0 Å². The van der Waals surface area contributed by atoms with E-state index in [9.17, 15) is 43.2 Å². The number of carbonyl (C=O) groups excluding carboxylic acids is 4. The first kappa shape index (κ1) is 95.1. The maximum Gasteiger partial charge on any atom is 0.472 e. The molecule has 19 heteroatoms. The van der Waals surface area contributed by atoms with E-state index in [1.807, 2.05) is 0 Å². The smallest absolute Gasteiger partial charge is 0.462 e. The van der Waals surface area contributed by atoms with E-state index in [0.29, 0.717) is 25.7 Å². The van der Waals surface area contributed by atoms with Gasteiger partial charge in [-0.05, 0) is 31.6 Å². The highest BCUT2D eigenvalue weighted by atomic mass is 31.2. The molecular weight excluding hydrogens is 1270 g/mol. The highest BCUT2D eigenvalue weighted by Crippen LogP contribution is 2.45. The van der Waals surface area contributed by atoms with Crippen LogP contribution in [0.1, 0.15) is 413 Å². The molecule has 0 radical (unpaired) electrons. The first-order valence-corrected chi connectivity index (χ1v) is 43.6. The Bertz CT molecular complexity index is 1860. The fourth-order valence-corrected chi connectivity index (χ4v) is 13.6. The summed E-state index contributed by atoms with van der Waals surface area (Å²) in [5.74, 6) is -1.33. The molecule has 0 bridgehead atoms. The van der Waals surface area contributed by atoms with Crippen molar-refractivity contribution in [2.75, 3.05) is 39.6 Å². The second kappa shape index (κ2) is 71.1. The lowest BCUT2D eigenvalue weighted by Crippen LogP contribution is -2.30. The van der Waals surface area contributed by atoms with E-state index in [2.05, 4.69) is 34.6 Å². The summed E-state index contributed by atoms with van der Waals surface area (Å²) >= 11 is 0. The maximum atomic E-state index is 13.1. The lowest BCUT2D eigenvalue weighted by molar-refractivity contribution is -0.161. The van der Waals surface area contributed by atoms with Crippen molar-refractivity contribution in [2.45, 2.75) is 432 Å². The average molecular weight is 1420 g/mol. The van der Waals surface area contributed by atoms with E-state index < -0.39 is 97.5 Å². The van der Waals surface area contributed by atoms with Crippen LogP contribution in [0.3, 0.4) is 0 Å². The van der Waals surface area contributed by atoms with Crippen molar-refractivity contribution in [3.63, 3.8) is 0 Å². The SMILES string of the molecule is CCCCCCCCCCCCCCCCCCCCCCCC(=O)O[C@H](COC(=O)CCCCCCCCCCCCCCCC(C)C)COP(=O)(O)OC[C@@H](O)COP(=O)(O)OC[C@@H](COC(=O)CCCCCCC)OC(=O)CCCCCCCCCCCCCCCCC. The van der Waals surface area contributed by atoms with E-state index in [0.717, 1.165) is 102 Å². The number of hydrogen-bond acceptors (Lipinski definition) is 15. The zero-order valence-corrected chi connectivity index (χ0v) is 65.0. The van der Waals surface area contributed by atoms with Crippen LogP contribution in [0.2, 0.25) is 0 Å². The quantitative estimate of drug-likeness (QED) is 0.0222. The number of aliphatic hydroxyl groups excluding tert-OH is 1. The van der Waals surface area contributed by atoms with Gasteiger partial charge in [-0.2, -0.15) is 0 Å². The molecule has 0 amide bonds. The van der Waals surface area contributed by atoms with Gasteiger partial charge in [-0.3, -0.25) is 37.3 Å². The molecule has 0 saturated carbocycles. The third-order valence-electron chi connectivity index (χ3n) is 18.3. The summed E-state index contributed by atoms with van der Waals surface area (Å²) in [4.78, 5) is 72.6. The fourth-order valence-electron chi connectivity index (χ4n) is 12.1. The third-order valence-corrected chi connectivity index (χ3v) is 20.2. The Labute approximate surface area is 594 Å². The topological polar surface area (TPSA) is 237 Å². The molecule has 576 valence electrons. The number of hydrogen-bond donors (Lipinski definition) is 3. The Morgan fingerprint density at radius 3 is 0.701 bits per heavy atom. The van der Waals surface area contributed by atoms with Crippen LogP contribution in [0, 0.1) is 5.92 Å². The molecule has 0 aliphatic heterocycles. The number of rotatable bonds is 78. The predicted octanol–water partition coefficient (Wildman–Crippen LogP) is 23.3. The molecule has 0 aromatic rings. The summed E-state index contributed by atoms with van der Waals surface area (Å²) in [5, 5.41) is 10.6. The van der Waals surface area contributed by atoms with Gasteiger partial charge in [0.25, 0.3) is 0 Å². The van der Waals surface area contributed by atoms with E-state index in [1.54, 1.807) is 0 Å². The minimum Gasteiger partial charge on any atom is -0.462 e. The number of ether oxygens (including phenoxy) is 4. The average Bonchev–Trinajstić information content (AvgIpc) is 1.86. The summed E-state index contributed by atoms with van der Waals surface area (Å²) in [5.41, 5.74) is 0. The van der Waals surface area contributed by atoms with Crippen LogP contribution in [0.15, 0.2) is 0 Å². The number of phosphoric acid groups is 2. The van der Waals surface area contributed by atoms with Crippen molar-refractivity contribution < 1.29 is 80.2 Å². The minimum atomic E-state index is -4.96. The molecular formula is C78H152O17P2. The van der Waals surface area contributed by atoms with Gasteiger partial charge < -0.3 is 33.8 Å². The molecule has 2 unspecified atom stereocenters. The van der Waals surface area contributed by atoms with Crippen LogP contribution in [-0.4, -0.2) is 96.7 Å². The number of aliphatic hydroxyl groups is 1. The summed E-state index contributed by atoms with van der Waals surface area (Å²) in [6, 6.07) is 0. The van der Waals surface area contributed by atoms with E-state index in [-0.39, 0.29) is 25.7 Å². The molecule has 17 nitrogen and oxygen atoms in total. The van der Waals surface area contributed by atoms with Gasteiger partial charge >= 0.3 is 39.5 Å². The van der Waals surface area contributed by atoms with Crippen LogP contribution >= 0.6 is 15.6 Å². The highest BCUT2D eigenvalue weighted by Gasteiger charge is 2.30. The lowest BCUT2D eigenvalue weighted by atomic mass is 10.0. The second-order valence-corrected chi connectivity index (χ2v) is 31.5. The zero-order chi connectivity index (χ0) is 71.2. The monoisotopic (exact) mass is 1420 g/mol. The predicted molar refractivity (Wildman–Crippen MR) is 395 cm³/mol.